The van der Waals surface area contributed by atoms with Gasteiger partial charge < -0.3 is 4.74 Å². The summed E-state index contributed by atoms with van der Waals surface area (Å²) in [5, 5.41) is 0. The molecule has 1 aromatic rings. The molecule has 1 aliphatic carbocycles. The Morgan fingerprint density at radius 2 is 2.12 bits per heavy atom. The monoisotopic (exact) mass is 222 g/mol. The molecule has 5 nitrogen and oxygen atoms in total. The van der Waals surface area contributed by atoms with E-state index < -0.39 is 0 Å². The molecule has 1 aliphatic rings. The van der Waals surface area contributed by atoms with Crippen molar-refractivity contribution < 1.29 is 4.74 Å². The van der Waals surface area contributed by atoms with E-state index >= 15 is 0 Å². The number of aromatic nitrogens is 2. The maximum absolute atomic E-state index is 5.88. The lowest BCUT2D eigenvalue weighted by Crippen LogP contribution is -2.21. The van der Waals surface area contributed by atoms with Gasteiger partial charge in [0.2, 0.25) is 11.8 Å². The SMILES string of the molecule is Cc1cnc(NN)nc1OC1CCCCC1. The van der Waals surface area contributed by atoms with Crippen molar-refractivity contribution in [1.29, 1.82) is 0 Å². The number of anilines is 1. The smallest absolute Gasteiger partial charge is 0.240 e. The number of ether oxygens (including phenoxy) is 1. The van der Waals surface area contributed by atoms with Crippen LogP contribution < -0.4 is 16.0 Å². The molecule has 0 radical (unpaired) electrons. The van der Waals surface area contributed by atoms with Crippen LogP contribution in [0.5, 0.6) is 5.88 Å². The van der Waals surface area contributed by atoms with Crippen molar-refractivity contribution in [2.75, 3.05) is 5.43 Å². The molecule has 5 heteroatoms. The van der Waals surface area contributed by atoms with Crippen LogP contribution in [0.4, 0.5) is 5.95 Å². The molecule has 0 aliphatic heterocycles. The first-order valence-corrected chi connectivity index (χ1v) is 5.76. The lowest BCUT2D eigenvalue weighted by molar-refractivity contribution is 0.147. The zero-order valence-corrected chi connectivity index (χ0v) is 9.57. The molecule has 0 atom stereocenters. The molecule has 0 unspecified atom stereocenters. The van der Waals surface area contributed by atoms with Gasteiger partial charge in [0.1, 0.15) is 6.10 Å². The summed E-state index contributed by atoms with van der Waals surface area (Å²) >= 11 is 0. The Kier molecular flexibility index (Phi) is 3.56. The van der Waals surface area contributed by atoms with Gasteiger partial charge in [-0.2, -0.15) is 4.98 Å². The average molecular weight is 222 g/mol. The number of hydrazine groups is 1. The summed E-state index contributed by atoms with van der Waals surface area (Å²) in [5.41, 5.74) is 3.38. The van der Waals surface area contributed by atoms with Crippen LogP contribution in [0.3, 0.4) is 0 Å². The lowest BCUT2D eigenvalue weighted by Gasteiger charge is -2.23. The quantitative estimate of drug-likeness (QED) is 0.602. The van der Waals surface area contributed by atoms with E-state index in [0.29, 0.717) is 17.9 Å². The zero-order chi connectivity index (χ0) is 11.4. The molecule has 1 fully saturated rings. The van der Waals surface area contributed by atoms with E-state index in [0.717, 1.165) is 18.4 Å². The third-order valence-corrected chi connectivity index (χ3v) is 2.88. The van der Waals surface area contributed by atoms with E-state index in [2.05, 4.69) is 15.4 Å². The second-order valence-electron chi connectivity index (χ2n) is 4.20. The molecule has 16 heavy (non-hydrogen) atoms. The summed E-state index contributed by atoms with van der Waals surface area (Å²) < 4.78 is 5.88. The van der Waals surface area contributed by atoms with Gasteiger partial charge in [-0.05, 0) is 32.6 Å². The minimum atomic E-state index is 0.299. The maximum Gasteiger partial charge on any atom is 0.240 e. The van der Waals surface area contributed by atoms with Gasteiger partial charge in [0.25, 0.3) is 0 Å². The summed E-state index contributed by atoms with van der Waals surface area (Å²) in [5.74, 6) is 6.32. The van der Waals surface area contributed by atoms with Gasteiger partial charge >= 0.3 is 0 Å². The fraction of sp³-hybridized carbons (Fsp3) is 0.636. The highest BCUT2D eigenvalue weighted by Gasteiger charge is 2.16. The average Bonchev–Trinajstić information content (AvgIpc) is 2.33. The number of rotatable bonds is 3. The van der Waals surface area contributed by atoms with Crippen molar-refractivity contribution >= 4 is 5.95 Å². The standard InChI is InChI=1S/C11H18N4O/c1-8-7-13-11(15-12)14-10(8)16-9-5-3-2-4-6-9/h7,9H,2-6,12H2,1H3,(H,13,14,15). The number of nitrogen functional groups attached to an aromatic ring is 1. The van der Waals surface area contributed by atoms with E-state index in [9.17, 15) is 0 Å². The first kappa shape index (κ1) is 11.1. The fourth-order valence-electron chi connectivity index (χ4n) is 1.96. The maximum atomic E-state index is 5.88. The molecular weight excluding hydrogens is 204 g/mol. The molecule has 0 saturated heterocycles. The number of hydrogen-bond donors (Lipinski definition) is 2. The Hall–Kier alpha value is -1.36. The van der Waals surface area contributed by atoms with Gasteiger partial charge in [0, 0.05) is 11.8 Å². The minimum Gasteiger partial charge on any atom is -0.474 e. The van der Waals surface area contributed by atoms with Crippen LogP contribution in [0.15, 0.2) is 6.20 Å². The molecule has 2 rings (SSSR count). The molecule has 1 aromatic heterocycles. The first-order chi connectivity index (χ1) is 7.79. The largest absolute Gasteiger partial charge is 0.474 e. The highest BCUT2D eigenvalue weighted by atomic mass is 16.5. The molecule has 0 amide bonds. The van der Waals surface area contributed by atoms with E-state index in [1.165, 1.54) is 19.3 Å². The number of aryl methyl sites for hydroxylation is 1. The van der Waals surface area contributed by atoms with E-state index in [4.69, 9.17) is 10.6 Å². The Morgan fingerprint density at radius 3 is 2.81 bits per heavy atom. The normalized spacial score (nSPS) is 17.1. The minimum absolute atomic E-state index is 0.299. The van der Waals surface area contributed by atoms with Gasteiger partial charge in [-0.25, -0.2) is 10.8 Å². The molecule has 0 spiro atoms. The van der Waals surface area contributed by atoms with Crippen LogP contribution in [0, 0.1) is 6.92 Å². The highest BCUT2D eigenvalue weighted by molar-refractivity contribution is 5.31. The number of nitrogens with two attached hydrogens (primary N) is 1. The second kappa shape index (κ2) is 5.12. The predicted octanol–water partition coefficient (Wildman–Crippen LogP) is 1.78. The summed E-state index contributed by atoms with van der Waals surface area (Å²) in [6.07, 6.45) is 8.07. The molecule has 3 N–H and O–H groups in total. The van der Waals surface area contributed by atoms with Crippen molar-refractivity contribution in [3.05, 3.63) is 11.8 Å². The van der Waals surface area contributed by atoms with Crippen molar-refractivity contribution in [1.82, 2.24) is 9.97 Å². The molecule has 88 valence electrons. The molecule has 0 bridgehead atoms. The van der Waals surface area contributed by atoms with Gasteiger partial charge in [0.15, 0.2) is 0 Å². The Balaban J connectivity index is 2.06. The van der Waals surface area contributed by atoms with Crippen LogP contribution >= 0.6 is 0 Å². The number of nitrogens with zero attached hydrogens (tertiary/aromatic N) is 2. The zero-order valence-electron chi connectivity index (χ0n) is 9.57. The summed E-state index contributed by atoms with van der Waals surface area (Å²) in [6.45, 7) is 1.94. The van der Waals surface area contributed by atoms with Crippen molar-refractivity contribution in [2.45, 2.75) is 45.1 Å². The summed E-state index contributed by atoms with van der Waals surface area (Å²) in [4.78, 5) is 8.24. The van der Waals surface area contributed by atoms with Crippen molar-refractivity contribution in [2.24, 2.45) is 5.84 Å². The van der Waals surface area contributed by atoms with E-state index in [1.807, 2.05) is 6.92 Å². The molecular formula is C11H18N4O. The highest BCUT2D eigenvalue weighted by Crippen LogP contribution is 2.24. The van der Waals surface area contributed by atoms with E-state index in [-0.39, 0.29) is 0 Å². The van der Waals surface area contributed by atoms with Crippen LogP contribution in [0.2, 0.25) is 0 Å². The Morgan fingerprint density at radius 1 is 1.38 bits per heavy atom. The Bertz CT molecular complexity index is 350. The van der Waals surface area contributed by atoms with Crippen molar-refractivity contribution in [3.8, 4) is 5.88 Å². The van der Waals surface area contributed by atoms with Crippen molar-refractivity contribution in [3.63, 3.8) is 0 Å². The predicted molar refractivity (Wildman–Crippen MR) is 62.1 cm³/mol. The number of hydrogen-bond acceptors (Lipinski definition) is 5. The lowest BCUT2D eigenvalue weighted by atomic mass is 9.98. The van der Waals surface area contributed by atoms with Gasteiger partial charge in [-0.3, -0.25) is 5.43 Å². The van der Waals surface area contributed by atoms with Crippen LogP contribution in [-0.2, 0) is 0 Å². The van der Waals surface area contributed by atoms with Gasteiger partial charge in [-0.15, -0.1) is 0 Å². The van der Waals surface area contributed by atoms with Crippen LogP contribution in [0.25, 0.3) is 0 Å². The topological polar surface area (TPSA) is 73.1 Å². The van der Waals surface area contributed by atoms with Gasteiger partial charge in [-0.1, -0.05) is 6.42 Å². The summed E-state index contributed by atoms with van der Waals surface area (Å²) in [7, 11) is 0. The molecule has 1 heterocycles. The first-order valence-electron chi connectivity index (χ1n) is 5.76. The molecule has 0 aromatic carbocycles. The van der Waals surface area contributed by atoms with Crippen LogP contribution in [0.1, 0.15) is 37.7 Å². The summed E-state index contributed by atoms with van der Waals surface area (Å²) in [6, 6.07) is 0. The third kappa shape index (κ3) is 2.61. The Labute approximate surface area is 95.4 Å². The third-order valence-electron chi connectivity index (χ3n) is 2.88. The second-order valence-corrected chi connectivity index (χ2v) is 4.20. The van der Waals surface area contributed by atoms with E-state index in [1.54, 1.807) is 6.20 Å². The van der Waals surface area contributed by atoms with Crippen LogP contribution in [-0.4, -0.2) is 16.1 Å². The fourth-order valence-corrected chi connectivity index (χ4v) is 1.96. The van der Waals surface area contributed by atoms with Gasteiger partial charge in [0.05, 0.1) is 0 Å². The molecule has 1 saturated carbocycles. The number of nitrogens with one attached hydrogen (secondary N) is 1.